The van der Waals surface area contributed by atoms with Crippen LogP contribution in [0.3, 0.4) is 0 Å². The van der Waals surface area contributed by atoms with E-state index < -0.39 is 18.5 Å². The van der Waals surface area contributed by atoms with Crippen molar-refractivity contribution >= 4 is 11.9 Å². The number of aromatic nitrogens is 2. The number of hydrogen-bond donors (Lipinski definition) is 1. The topological polar surface area (TPSA) is 99.6 Å². The maximum Gasteiger partial charge on any atom is 0.359 e. The van der Waals surface area contributed by atoms with E-state index in [0.717, 1.165) is 5.56 Å². The molecule has 0 spiro atoms. The van der Waals surface area contributed by atoms with Gasteiger partial charge in [0.15, 0.2) is 23.8 Å². The number of carbonyl (C=O) groups excluding carboxylic acids is 2. The normalized spacial score (nSPS) is 13.2. The Morgan fingerprint density at radius 1 is 1.24 bits per heavy atom. The number of esters is 1. The third-order valence-electron chi connectivity index (χ3n) is 3.60. The third kappa shape index (κ3) is 4.03. The minimum Gasteiger partial charge on any atom is -0.454 e. The van der Waals surface area contributed by atoms with Crippen molar-refractivity contribution in [1.29, 1.82) is 0 Å². The molecule has 0 aliphatic carbocycles. The highest BCUT2D eigenvalue weighted by Crippen LogP contribution is 2.34. The fourth-order valence-electron chi connectivity index (χ4n) is 2.25. The number of hydrogen-bond acceptors (Lipinski definition) is 7. The Bertz CT molecular complexity index is 791. The van der Waals surface area contributed by atoms with E-state index in [1.807, 2.05) is 13.0 Å². The number of rotatable bonds is 5. The van der Waals surface area contributed by atoms with Gasteiger partial charge in [-0.3, -0.25) is 9.78 Å². The number of amides is 1. The van der Waals surface area contributed by atoms with Gasteiger partial charge < -0.3 is 19.5 Å². The second-order valence-electron chi connectivity index (χ2n) is 5.52. The molecule has 0 radical (unpaired) electrons. The molecule has 0 bridgehead atoms. The van der Waals surface area contributed by atoms with Crippen LogP contribution in [0.1, 0.15) is 34.7 Å². The molecule has 130 valence electrons. The van der Waals surface area contributed by atoms with Crippen molar-refractivity contribution in [2.24, 2.45) is 0 Å². The molecule has 0 saturated carbocycles. The van der Waals surface area contributed by atoms with Gasteiger partial charge in [0, 0.05) is 6.20 Å². The average Bonchev–Trinajstić information content (AvgIpc) is 3.08. The van der Waals surface area contributed by atoms with E-state index in [9.17, 15) is 9.59 Å². The quantitative estimate of drug-likeness (QED) is 0.822. The number of nitrogens with one attached hydrogen (secondary N) is 1. The molecule has 3 rings (SSSR count). The molecule has 2 aromatic rings. The molecule has 0 unspecified atom stereocenters. The predicted molar refractivity (Wildman–Crippen MR) is 86.2 cm³/mol. The van der Waals surface area contributed by atoms with E-state index in [4.69, 9.17) is 14.2 Å². The Hall–Kier alpha value is -3.16. The van der Waals surface area contributed by atoms with Gasteiger partial charge in [-0.05, 0) is 31.5 Å². The highest BCUT2D eigenvalue weighted by atomic mass is 16.7. The van der Waals surface area contributed by atoms with Crippen molar-refractivity contribution in [3.63, 3.8) is 0 Å². The highest BCUT2D eigenvalue weighted by Gasteiger charge is 2.18. The molecule has 1 aliphatic rings. The Labute approximate surface area is 144 Å². The number of benzene rings is 1. The maximum absolute atomic E-state index is 12.0. The first-order chi connectivity index (χ1) is 12.0. The summed E-state index contributed by atoms with van der Waals surface area (Å²) < 4.78 is 15.5. The number of nitrogens with zero attached hydrogens (tertiary/aromatic N) is 2. The van der Waals surface area contributed by atoms with E-state index in [1.165, 1.54) is 12.4 Å². The first-order valence-electron chi connectivity index (χ1n) is 7.67. The van der Waals surface area contributed by atoms with Crippen molar-refractivity contribution in [3.05, 3.63) is 47.5 Å². The minimum absolute atomic E-state index is 0.0576. The molecule has 25 heavy (non-hydrogen) atoms. The van der Waals surface area contributed by atoms with Gasteiger partial charge in [0.2, 0.25) is 6.79 Å². The van der Waals surface area contributed by atoms with Crippen LogP contribution in [0, 0.1) is 6.92 Å². The summed E-state index contributed by atoms with van der Waals surface area (Å²) in [4.78, 5) is 31.6. The van der Waals surface area contributed by atoms with Gasteiger partial charge in [-0.25, -0.2) is 9.78 Å². The average molecular weight is 343 g/mol. The van der Waals surface area contributed by atoms with E-state index >= 15 is 0 Å². The highest BCUT2D eigenvalue weighted by molar-refractivity contribution is 5.89. The molecule has 1 N–H and O–H groups in total. The van der Waals surface area contributed by atoms with Crippen molar-refractivity contribution in [1.82, 2.24) is 15.3 Å². The first kappa shape index (κ1) is 16.7. The van der Waals surface area contributed by atoms with Crippen LogP contribution in [0.15, 0.2) is 30.6 Å². The lowest BCUT2D eigenvalue weighted by atomic mass is 10.1. The van der Waals surface area contributed by atoms with Crippen molar-refractivity contribution in [2.45, 2.75) is 19.9 Å². The van der Waals surface area contributed by atoms with Crippen LogP contribution in [0.5, 0.6) is 11.5 Å². The molecule has 1 amide bonds. The molecule has 1 atom stereocenters. The van der Waals surface area contributed by atoms with Crippen LogP contribution in [0.2, 0.25) is 0 Å². The van der Waals surface area contributed by atoms with Gasteiger partial charge in [-0.15, -0.1) is 0 Å². The maximum atomic E-state index is 12.0. The lowest BCUT2D eigenvalue weighted by Gasteiger charge is -2.14. The second-order valence-corrected chi connectivity index (χ2v) is 5.52. The van der Waals surface area contributed by atoms with Gasteiger partial charge in [0.05, 0.1) is 17.9 Å². The second kappa shape index (κ2) is 7.16. The number of fused-ring (bicyclic) bond motifs is 1. The van der Waals surface area contributed by atoms with Gasteiger partial charge in [-0.1, -0.05) is 6.07 Å². The summed E-state index contributed by atoms with van der Waals surface area (Å²) in [6.45, 7) is 3.37. The van der Waals surface area contributed by atoms with Crippen molar-refractivity contribution in [2.75, 3.05) is 13.4 Å². The summed E-state index contributed by atoms with van der Waals surface area (Å²) in [5.41, 5.74) is 1.60. The number of aryl methyl sites for hydroxylation is 1. The first-order valence-corrected chi connectivity index (χ1v) is 7.67. The third-order valence-corrected chi connectivity index (χ3v) is 3.60. The summed E-state index contributed by atoms with van der Waals surface area (Å²) in [7, 11) is 0. The number of carbonyl (C=O) groups is 2. The van der Waals surface area contributed by atoms with Gasteiger partial charge in [-0.2, -0.15) is 0 Å². The molecule has 0 saturated heterocycles. The molecular weight excluding hydrogens is 326 g/mol. The Morgan fingerprint density at radius 3 is 2.80 bits per heavy atom. The Morgan fingerprint density at radius 2 is 2.04 bits per heavy atom. The van der Waals surface area contributed by atoms with E-state index in [0.29, 0.717) is 17.2 Å². The smallest absolute Gasteiger partial charge is 0.359 e. The molecule has 8 nitrogen and oxygen atoms in total. The fourth-order valence-corrected chi connectivity index (χ4v) is 2.25. The van der Waals surface area contributed by atoms with Gasteiger partial charge in [0.1, 0.15) is 0 Å². The van der Waals surface area contributed by atoms with Crippen molar-refractivity contribution in [3.8, 4) is 11.5 Å². The molecular formula is C17H17N3O5. The summed E-state index contributed by atoms with van der Waals surface area (Å²) in [5.74, 6) is 0.204. The van der Waals surface area contributed by atoms with Crippen LogP contribution in [-0.4, -0.2) is 35.2 Å². The van der Waals surface area contributed by atoms with Gasteiger partial charge >= 0.3 is 5.97 Å². The molecule has 1 aromatic carbocycles. The van der Waals surface area contributed by atoms with Crippen LogP contribution in [0.4, 0.5) is 0 Å². The molecule has 8 heteroatoms. The summed E-state index contributed by atoms with van der Waals surface area (Å²) in [6.07, 6.45) is 2.77. The Balaban J connectivity index is 1.52. The standard InChI is InChI=1S/C17H17N3O5/c1-10-6-19-13(7-18-10)17(22)23-8-16(21)20-11(2)12-3-4-14-15(5-12)25-9-24-14/h3-7,11H,8-9H2,1-2H3,(H,20,21)/t11-/m0/s1. The molecule has 0 fully saturated rings. The number of ether oxygens (including phenoxy) is 3. The van der Waals surface area contributed by atoms with Crippen LogP contribution < -0.4 is 14.8 Å². The van der Waals surface area contributed by atoms with E-state index in [-0.39, 0.29) is 18.5 Å². The minimum atomic E-state index is -0.696. The summed E-state index contributed by atoms with van der Waals surface area (Å²) in [6, 6.07) is 5.16. The fraction of sp³-hybridized carbons (Fsp3) is 0.294. The SMILES string of the molecule is Cc1cnc(C(=O)OCC(=O)N[C@@H](C)c2ccc3c(c2)OCO3)cn1. The predicted octanol–water partition coefficient (Wildman–Crippen LogP) is 1.55. The zero-order valence-corrected chi connectivity index (χ0v) is 13.8. The van der Waals surface area contributed by atoms with Crippen molar-refractivity contribution < 1.29 is 23.8 Å². The Kier molecular flexibility index (Phi) is 4.78. The zero-order valence-electron chi connectivity index (χ0n) is 13.8. The lowest BCUT2D eigenvalue weighted by molar-refractivity contribution is -0.124. The van der Waals surface area contributed by atoms with Crippen LogP contribution in [-0.2, 0) is 9.53 Å². The van der Waals surface area contributed by atoms with Crippen LogP contribution >= 0.6 is 0 Å². The molecule has 1 aliphatic heterocycles. The molecule has 1 aromatic heterocycles. The van der Waals surface area contributed by atoms with Crippen LogP contribution in [0.25, 0.3) is 0 Å². The van der Waals surface area contributed by atoms with E-state index in [2.05, 4.69) is 15.3 Å². The lowest BCUT2D eigenvalue weighted by Crippen LogP contribution is -2.31. The monoisotopic (exact) mass is 343 g/mol. The van der Waals surface area contributed by atoms with E-state index in [1.54, 1.807) is 19.1 Å². The summed E-state index contributed by atoms with van der Waals surface area (Å²) >= 11 is 0. The summed E-state index contributed by atoms with van der Waals surface area (Å²) in [5, 5.41) is 2.75. The largest absolute Gasteiger partial charge is 0.454 e. The zero-order chi connectivity index (χ0) is 17.8. The van der Waals surface area contributed by atoms with Gasteiger partial charge in [0.25, 0.3) is 5.91 Å². The molecule has 2 heterocycles.